The molecule has 0 bridgehead atoms. The van der Waals surface area contributed by atoms with Crippen LogP contribution in [0.3, 0.4) is 0 Å². The minimum Gasteiger partial charge on any atom is -0.507 e. The second kappa shape index (κ2) is 6.57. The Kier molecular flexibility index (Phi) is 4.78. The van der Waals surface area contributed by atoms with E-state index >= 15 is 0 Å². The normalized spacial score (nSPS) is 10.8. The average Bonchev–Trinajstić information content (AvgIpc) is 2.48. The Bertz CT molecular complexity index is 736. The molecule has 5 heteroatoms. The Hall–Kier alpha value is -2.10. The van der Waals surface area contributed by atoms with E-state index in [2.05, 4.69) is 0 Å². The number of aromatic hydroxyl groups is 1. The predicted octanol–water partition coefficient (Wildman–Crippen LogP) is 4.41. The van der Waals surface area contributed by atoms with Gasteiger partial charge in [0.2, 0.25) is 0 Å². The fourth-order valence-corrected chi connectivity index (χ4v) is 1.99. The molecular weight excluding hydrogens is 311 g/mol. The summed E-state index contributed by atoms with van der Waals surface area (Å²) in [4.78, 5) is 22.7. The molecule has 2 aromatic carbocycles. The highest BCUT2D eigenvalue weighted by Gasteiger charge is 2.06. The number of carbonyl (C=O) groups excluding carboxylic acids is 2. The first-order chi connectivity index (χ1) is 10.0. The van der Waals surface area contributed by atoms with Crippen molar-refractivity contribution in [2.24, 2.45) is 0 Å². The van der Waals surface area contributed by atoms with Crippen molar-refractivity contribution in [2.75, 3.05) is 0 Å². The monoisotopic (exact) mass is 320 g/mol. The number of carbonyl (C=O) groups is 2. The number of benzene rings is 2. The average molecular weight is 321 g/mol. The van der Waals surface area contributed by atoms with Crippen LogP contribution in [-0.2, 0) is 0 Å². The maximum absolute atomic E-state index is 12.0. The van der Waals surface area contributed by atoms with Crippen LogP contribution in [0, 0.1) is 0 Å². The molecule has 106 valence electrons. The molecule has 2 aromatic rings. The summed E-state index contributed by atoms with van der Waals surface area (Å²) in [5.41, 5.74) is 1.11. The third kappa shape index (κ3) is 3.72. The van der Waals surface area contributed by atoms with Crippen molar-refractivity contribution in [1.29, 1.82) is 0 Å². The van der Waals surface area contributed by atoms with Crippen LogP contribution < -0.4 is 0 Å². The minimum atomic E-state index is -0.288. The van der Waals surface area contributed by atoms with E-state index in [-0.39, 0.29) is 17.1 Å². The molecule has 0 saturated carbocycles. The second-order valence-electron chi connectivity index (χ2n) is 4.26. The maximum Gasteiger partial charge on any atom is 0.185 e. The Balaban J connectivity index is 2.22. The summed E-state index contributed by atoms with van der Waals surface area (Å²) in [5.74, 6) is -0.445. The lowest BCUT2D eigenvalue weighted by molar-refractivity contribution is 0.104. The van der Waals surface area contributed by atoms with E-state index in [1.54, 1.807) is 24.3 Å². The fourth-order valence-electron chi connectivity index (χ4n) is 1.69. The standard InChI is InChI=1S/C16H10Cl2O3/c17-13-4-1-10(7-14(13)18)2-5-15(20)11-3-6-16(21)12(8-11)9-19/h1-9,21H. The number of hydrogen-bond acceptors (Lipinski definition) is 3. The van der Waals surface area contributed by atoms with Gasteiger partial charge < -0.3 is 5.11 Å². The number of allylic oxidation sites excluding steroid dienone is 1. The third-order valence-corrected chi connectivity index (χ3v) is 3.55. The van der Waals surface area contributed by atoms with E-state index in [9.17, 15) is 14.7 Å². The molecular formula is C16H10Cl2O3. The summed E-state index contributed by atoms with van der Waals surface area (Å²) < 4.78 is 0. The van der Waals surface area contributed by atoms with E-state index < -0.39 is 0 Å². The summed E-state index contributed by atoms with van der Waals surface area (Å²) in [6, 6.07) is 9.10. The Morgan fingerprint density at radius 1 is 1.05 bits per heavy atom. The van der Waals surface area contributed by atoms with Crippen LogP contribution in [0.25, 0.3) is 6.08 Å². The number of rotatable bonds is 4. The first-order valence-electron chi connectivity index (χ1n) is 5.97. The molecule has 21 heavy (non-hydrogen) atoms. The molecule has 0 aliphatic heterocycles. The van der Waals surface area contributed by atoms with Gasteiger partial charge >= 0.3 is 0 Å². The fraction of sp³-hybridized carbons (Fsp3) is 0. The third-order valence-electron chi connectivity index (χ3n) is 2.81. The molecule has 0 aliphatic carbocycles. The summed E-state index contributed by atoms with van der Waals surface area (Å²) in [5, 5.41) is 10.2. The van der Waals surface area contributed by atoms with Crippen molar-refractivity contribution in [3.8, 4) is 5.75 Å². The second-order valence-corrected chi connectivity index (χ2v) is 5.08. The molecule has 0 unspecified atom stereocenters. The van der Waals surface area contributed by atoms with Gasteiger partial charge in [0, 0.05) is 5.56 Å². The van der Waals surface area contributed by atoms with Gasteiger partial charge in [-0.2, -0.15) is 0 Å². The molecule has 0 spiro atoms. The highest BCUT2D eigenvalue weighted by molar-refractivity contribution is 6.42. The van der Waals surface area contributed by atoms with Crippen molar-refractivity contribution >= 4 is 41.3 Å². The topological polar surface area (TPSA) is 54.4 Å². The SMILES string of the molecule is O=Cc1cc(C(=O)C=Cc2ccc(Cl)c(Cl)c2)ccc1O. The van der Waals surface area contributed by atoms with Crippen molar-refractivity contribution in [3.63, 3.8) is 0 Å². The molecule has 0 amide bonds. The highest BCUT2D eigenvalue weighted by Crippen LogP contribution is 2.23. The number of phenolic OH excluding ortho intramolecular Hbond substituents is 1. The molecule has 0 fully saturated rings. The zero-order valence-corrected chi connectivity index (χ0v) is 12.2. The quantitative estimate of drug-likeness (QED) is 0.516. The summed E-state index contributed by atoms with van der Waals surface area (Å²) in [6.07, 6.45) is 3.45. The van der Waals surface area contributed by atoms with Crippen LogP contribution in [0.1, 0.15) is 26.3 Å². The largest absolute Gasteiger partial charge is 0.507 e. The number of ketones is 1. The van der Waals surface area contributed by atoms with Gasteiger partial charge in [0.1, 0.15) is 5.75 Å². The van der Waals surface area contributed by atoms with Crippen molar-refractivity contribution in [3.05, 3.63) is 69.2 Å². The van der Waals surface area contributed by atoms with Gasteiger partial charge in [0.05, 0.1) is 15.6 Å². The van der Waals surface area contributed by atoms with Crippen LogP contribution >= 0.6 is 23.2 Å². The number of aldehydes is 1. The van der Waals surface area contributed by atoms with Crippen LogP contribution in [-0.4, -0.2) is 17.2 Å². The lowest BCUT2D eigenvalue weighted by Gasteiger charge is -2.00. The van der Waals surface area contributed by atoms with E-state index in [4.69, 9.17) is 23.2 Å². The minimum absolute atomic E-state index is 0.0730. The van der Waals surface area contributed by atoms with E-state index in [0.29, 0.717) is 21.9 Å². The number of halogens is 2. The van der Waals surface area contributed by atoms with Crippen LogP contribution in [0.15, 0.2) is 42.5 Å². The first-order valence-corrected chi connectivity index (χ1v) is 6.72. The maximum atomic E-state index is 12.0. The van der Waals surface area contributed by atoms with E-state index in [1.165, 1.54) is 24.3 Å². The van der Waals surface area contributed by atoms with Crippen LogP contribution in [0.5, 0.6) is 5.75 Å². The van der Waals surface area contributed by atoms with Gasteiger partial charge in [-0.1, -0.05) is 35.3 Å². The molecule has 0 heterocycles. The van der Waals surface area contributed by atoms with Crippen LogP contribution in [0.4, 0.5) is 0 Å². The lowest BCUT2D eigenvalue weighted by atomic mass is 10.1. The zero-order valence-electron chi connectivity index (χ0n) is 10.7. The number of hydrogen-bond donors (Lipinski definition) is 1. The molecule has 0 atom stereocenters. The molecule has 1 N–H and O–H groups in total. The van der Waals surface area contributed by atoms with Gasteiger partial charge in [0.25, 0.3) is 0 Å². The van der Waals surface area contributed by atoms with Crippen molar-refractivity contribution < 1.29 is 14.7 Å². The molecule has 0 radical (unpaired) electrons. The zero-order chi connectivity index (χ0) is 15.4. The van der Waals surface area contributed by atoms with Gasteiger partial charge in [-0.15, -0.1) is 0 Å². The highest BCUT2D eigenvalue weighted by atomic mass is 35.5. The van der Waals surface area contributed by atoms with E-state index in [1.807, 2.05) is 0 Å². The summed E-state index contributed by atoms with van der Waals surface area (Å²) in [7, 11) is 0. The molecule has 0 saturated heterocycles. The molecule has 0 aromatic heterocycles. The van der Waals surface area contributed by atoms with Crippen molar-refractivity contribution in [2.45, 2.75) is 0 Å². The Labute approximate surface area is 131 Å². The van der Waals surface area contributed by atoms with Crippen LogP contribution in [0.2, 0.25) is 10.0 Å². The van der Waals surface area contributed by atoms with Gasteiger partial charge in [-0.3, -0.25) is 9.59 Å². The molecule has 2 rings (SSSR count). The van der Waals surface area contributed by atoms with Gasteiger partial charge in [-0.25, -0.2) is 0 Å². The van der Waals surface area contributed by atoms with E-state index in [0.717, 1.165) is 5.56 Å². The summed E-state index contributed by atoms with van der Waals surface area (Å²) in [6.45, 7) is 0. The molecule has 3 nitrogen and oxygen atoms in total. The molecule has 0 aliphatic rings. The number of phenols is 1. The Morgan fingerprint density at radius 3 is 2.48 bits per heavy atom. The lowest BCUT2D eigenvalue weighted by Crippen LogP contribution is -1.95. The predicted molar refractivity (Wildman–Crippen MR) is 83.3 cm³/mol. The Morgan fingerprint density at radius 2 is 1.81 bits per heavy atom. The van der Waals surface area contributed by atoms with Gasteiger partial charge in [-0.05, 0) is 42.0 Å². The smallest absolute Gasteiger partial charge is 0.185 e. The first kappa shape index (κ1) is 15.3. The summed E-state index contributed by atoms with van der Waals surface area (Å²) >= 11 is 11.7. The van der Waals surface area contributed by atoms with Crippen molar-refractivity contribution in [1.82, 2.24) is 0 Å². The van der Waals surface area contributed by atoms with Gasteiger partial charge in [0.15, 0.2) is 12.1 Å².